The molecule has 0 fully saturated rings. The van der Waals surface area contributed by atoms with Crippen LogP contribution in [0.5, 0.6) is 0 Å². The van der Waals surface area contributed by atoms with E-state index in [4.69, 9.17) is 14.2 Å². The number of carbonyl (C=O) groups is 3. The third kappa shape index (κ3) is 42.8. The molecule has 326 valence electrons. The van der Waals surface area contributed by atoms with Crippen LogP contribution in [0.15, 0.2) is 36.5 Å². The first kappa shape index (κ1) is 53.6. The minimum Gasteiger partial charge on any atom is -0.462 e. The summed E-state index contributed by atoms with van der Waals surface area (Å²) in [5.74, 6) is -0.888. The minimum atomic E-state index is -0.772. The molecule has 0 saturated carbocycles. The molecule has 0 bridgehead atoms. The van der Waals surface area contributed by atoms with Crippen LogP contribution in [0, 0.1) is 0 Å². The first-order valence-electron chi connectivity index (χ1n) is 24.0. The molecule has 0 aromatic carbocycles. The molecule has 0 aliphatic rings. The lowest BCUT2D eigenvalue weighted by Crippen LogP contribution is -2.30. The predicted octanol–water partition coefficient (Wildman–Crippen LogP) is 15.4. The summed E-state index contributed by atoms with van der Waals surface area (Å²) >= 11 is 0. The van der Waals surface area contributed by atoms with E-state index in [0.29, 0.717) is 19.3 Å². The molecule has 0 saturated heterocycles. The molecule has 0 rings (SSSR count). The van der Waals surface area contributed by atoms with E-state index in [1.54, 1.807) is 0 Å². The Morgan fingerprint density at radius 3 is 1.09 bits per heavy atom. The van der Waals surface area contributed by atoms with Gasteiger partial charge >= 0.3 is 17.9 Å². The highest BCUT2D eigenvalue weighted by Crippen LogP contribution is 2.15. The zero-order chi connectivity index (χ0) is 40.8. The summed E-state index contributed by atoms with van der Waals surface area (Å²) in [6, 6.07) is 0. The maximum atomic E-state index is 12.7. The summed E-state index contributed by atoms with van der Waals surface area (Å²) in [7, 11) is 0. The van der Waals surface area contributed by atoms with E-state index in [1.165, 1.54) is 109 Å². The van der Waals surface area contributed by atoms with E-state index >= 15 is 0 Å². The van der Waals surface area contributed by atoms with E-state index in [-0.39, 0.29) is 31.1 Å². The van der Waals surface area contributed by atoms with E-state index < -0.39 is 6.10 Å². The number of ether oxygens (including phenoxy) is 3. The standard InChI is InChI=1S/C50H90O6/c1-4-7-10-13-16-19-21-23-25-27-28-31-34-37-40-43-49(52)55-46-47(45-54-48(51)42-39-36-33-30-18-15-12-9-6-3)56-50(53)44-41-38-35-32-29-26-24-22-20-17-14-11-8-5-2/h7,10,16,19,23,25,47H,4-6,8-9,11-15,17-18,20-22,24,26-46H2,1-3H3/b10-7-,19-16-,25-23-/t47-/m1/s1. The quantitative estimate of drug-likeness (QED) is 0.0265. The molecule has 0 aromatic rings. The van der Waals surface area contributed by atoms with Gasteiger partial charge in [0.05, 0.1) is 0 Å². The average molecular weight is 787 g/mol. The second-order valence-electron chi connectivity index (χ2n) is 16.0. The minimum absolute atomic E-state index is 0.0743. The first-order chi connectivity index (χ1) is 27.5. The molecule has 6 heteroatoms. The lowest BCUT2D eigenvalue weighted by Gasteiger charge is -2.18. The van der Waals surface area contributed by atoms with Crippen LogP contribution in [0.4, 0.5) is 0 Å². The van der Waals surface area contributed by atoms with Crippen LogP contribution in [0.25, 0.3) is 0 Å². The molecule has 0 radical (unpaired) electrons. The predicted molar refractivity (Wildman–Crippen MR) is 238 cm³/mol. The molecular formula is C50H90O6. The van der Waals surface area contributed by atoms with Crippen molar-refractivity contribution in [2.45, 2.75) is 252 Å². The van der Waals surface area contributed by atoms with Crippen molar-refractivity contribution < 1.29 is 28.6 Å². The van der Waals surface area contributed by atoms with Crippen molar-refractivity contribution in [3.8, 4) is 0 Å². The van der Waals surface area contributed by atoms with Crippen LogP contribution < -0.4 is 0 Å². The van der Waals surface area contributed by atoms with Crippen molar-refractivity contribution in [1.82, 2.24) is 0 Å². The average Bonchev–Trinajstić information content (AvgIpc) is 3.19. The maximum absolute atomic E-state index is 12.7. The van der Waals surface area contributed by atoms with Gasteiger partial charge in [0.15, 0.2) is 6.10 Å². The Bertz CT molecular complexity index is 953. The van der Waals surface area contributed by atoms with E-state index in [2.05, 4.69) is 57.2 Å². The van der Waals surface area contributed by atoms with Crippen molar-refractivity contribution in [3.63, 3.8) is 0 Å². The van der Waals surface area contributed by atoms with Crippen LogP contribution in [0.2, 0.25) is 0 Å². The summed E-state index contributed by atoms with van der Waals surface area (Å²) in [5.41, 5.74) is 0. The van der Waals surface area contributed by atoms with Crippen LogP contribution in [0.1, 0.15) is 245 Å². The highest BCUT2D eigenvalue weighted by atomic mass is 16.6. The second-order valence-corrected chi connectivity index (χ2v) is 16.0. The molecule has 1 atom stereocenters. The van der Waals surface area contributed by atoms with Crippen molar-refractivity contribution in [2.24, 2.45) is 0 Å². The summed E-state index contributed by atoms with van der Waals surface area (Å²) in [5, 5.41) is 0. The number of allylic oxidation sites excluding steroid dienone is 6. The third-order valence-electron chi connectivity index (χ3n) is 10.4. The van der Waals surface area contributed by atoms with Gasteiger partial charge in [0.1, 0.15) is 13.2 Å². The van der Waals surface area contributed by atoms with Crippen molar-refractivity contribution in [2.75, 3.05) is 13.2 Å². The van der Waals surface area contributed by atoms with Crippen molar-refractivity contribution in [3.05, 3.63) is 36.5 Å². The fourth-order valence-electron chi connectivity index (χ4n) is 6.81. The third-order valence-corrected chi connectivity index (χ3v) is 10.4. The molecule has 0 spiro atoms. The van der Waals surface area contributed by atoms with Gasteiger partial charge in [-0.25, -0.2) is 0 Å². The molecular weight excluding hydrogens is 697 g/mol. The van der Waals surface area contributed by atoms with Gasteiger partial charge in [-0.05, 0) is 51.4 Å². The number of hydrogen-bond acceptors (Lipinski definition) is 6. The fourth-order valence-corrected chi connectivity index (χ4v) is 6.81. The van der Waals surface area contributed by atoms with Gasteiger partial charge in [-0.2, -0.15) is 0 Å². The number of rotatable bonds is 43. The number of hydrogen-bond donors (Lipinski definition) is 0. The molecule has 0 N–H and O–H groups in total. The van der Waals surface area contributed by atoms with Gasteiger partial charge in [-0.3, -0.25) is 14.4 Å². The zero-order valence-electron chi connectivity index (χ0n) is 37.2. The number of carbonyl (C=O) groups excluding carboxylic acids is 3. The summed E-state index contributed by atoms with van der Waals surface area (Å²) in [4.78, 5) is 37.8. The van der Waals surface area contributed by atoms with Gasteiger partial charge in [-0.1, -0.05) is 211 Å². The zero-order valence-corrected chi connectivity index (χ0v) is 37.2. The Morgan fingerprint density at radius 2 is 0.696 bits per heavy atom. The van der Waals surface area contributed by atoms with E-state index in [0.717, 1.165) is 96.3 Å². The fraction of sp³-hybridized carbons (Fsp3) is 0.820. The first-order valence-corrected chi connectivity index (χ1v) is 24.0. The largest absolute Gasteiger partial charge is 0.462 e. The highest BCUT2D eigenvalue weighted by Gasteiger charge is 2.19. The lowest BCUT2D eigenvalue weighted by atomic mass is 10.0. The Balaban J connectivity index is 4.35. The summed E-state index contributed by atoms with van der Waals surface area (Å²) in [6.07, 6.45) is 51.2. The molecule has 0 unspecified atom stereocenters. The van der Waals surface area contributed by atoms with Gasteiger partial charge in [0, 0.05) is 19.3 Å². The second kappa shape index (κ2) is 45.3. The molecule has 56 heavy (non-hydrogen) atoms. The van der Waals surface area contributed by atoms with Crippen LogP contribution in [-0.2, 0) is 28.6 Å². The number of esters is 3. The Morgan fingerprint density at radius 1 is 0.375 bits per heavy atom. The van der Waals surface area contributed by atoms with E-state index in [1.807, 2.05) is 0 Å². The monoisotopic (exact) mass is 787 g/mol. The van der Waals surface area contributed by atoms with Crippen LogP contribution in [0.3, 0.4) is 0 Å². The molecule has 0 aromatic heterocycles. The highest BCUT2D eigenvalue weighted by molar-refractivity contribution is 5.71. The molecule has 0 heterocycles. The molecule has 0 aliphatic carbocycles. The Hall–Kier alpha value is -2.37. The summed E-state index contributed by atoms with van der Waals surface area (Å²) < 4.78 is 16.7. The van der Waals surface area contributed by atoms with Gasteiger partial charge in [0.2, 0.25) is 0 Å². The summed E-state index contributed by atoms with van der Waals surface area (Å²) in [6.45, 7) is 6.50. The van der Waals surface area contributed by atoms with Gasteiger partial charge < -0.3 is 14.2 Å². The van der Waals surface area contributed by atoms with Crippen molar-refractivity contribution in [1.29, 1.82) is 0 Å². The van der Waals surface area contributed by atoms with Crippen LogP contribution in [-0.4, -0.2) is 37.2 Å². The van der Waals surface area contributed by atoms with E-state index in [9.17, 15) is 14.4 Å². The van der Waals surface area contributed by atoms with Crippen LogP contribution >= 0.6 is 0 Å². The molecule has 0 aliphatic heterocycles. The van der Waals surface area contributed by atoms with Crippen molar-refractivity contribution >= 4 is 17.9 Å². The van der Waals surface area contributed by atoms with Gasteiger partial charge in [-0.15, -0.1) is 0 Å². The number of unbranched alkanes of at least 4 members (excludes halogenated alkanes) is 26. The Kier molecular flexibility index (Phi) is 43.4. The Labute approximate surface area is 346 Å². The molecule has 6 nitrogen and oxygen atoms in total. The van der Waals surface area contributed by atoms with Gasteiger partial charge in [0.25, 0.3) is 0 Å². The SMILES string of the molecule is CC/C=C\C/C=C\C/C=C\CCCCCCCC(=O)OC[C@@H](COC(=O)CCCCCCCCCCC)OC(=O)CCCCCCCCCCCCCCCC. The maximum Gasteiger partial charge on any atom is 0.306 e. The smallest absolute Gasteiger partial charge is 0.306 e. The normalized spacial score (nSPS) is 12.3. The lowest BCUT2D eigenvalue weighted by molar-refractivity contribution is -0.167. The molecule has 0 amide bonds. The topological polar surface area (TPSA) is 78.9 Å².